The van der Waals surface area contributed by atoms with Crippen LogP contribution in [0.5, 0.6) is 0 Å². The molecular formula is C11H11ClO2. The molecular weight excluding hydrogens is 200 g/mol. The maximum Gasteiger partial charge on any atom is 0.147 e. The Labute approximate surface area is 88.1 Å². The molecule has 0 N–H and O–H groups in total. The van der Waals surface area contributed by atoms with Crippen molar-refractivity contribution in [1.29, 1.82) is 0 Å². The van der Waals surface area contributed by atoms with Crippen LogP contribution in [0.1, 0.15) is 5.56 Å². The molecule has 0 radical (unpaired) electrons. The van der Waals surface area contributed by atoms with Crippen LogP contribution in [0, 0.1) is 0 Å². The molecule has 0 bridgehead atoms. The highest BCUT2D eigenvalue weighted by Crippen LogP contribution is 2.13. The standard InChI is InChI=1S/C11H11ClO2/c12-10-3-1-2-9(6-10)4-5-11-7-13-8-14-11/h1-6,11H,7-8H2/b5-4+. The van der Waals surface area contributed by atoms with E-state index in [0.29, 0.717) is 13.4 Å². The Morgan fingerprint density at radius 3 is 3.07 bits per heavy atom. The van der Waals surface area contributed by atoms with E-state index in [-0.39, 0.29) is 6.10 Å². The van der Waals surface area contributed by atoms with E-state index in [1.807, 2.05) is 36.4 Å². The first-order chi connectivity index (χ1) is 6.84. The summed E-state index contributed by atoms with van der Waals surface area (Å²) < 4.78 is 10.3. The molecule has 1 fully saturated rings. The molecule has 14 heavy (non-hydrogen) atoms. The van der Waals surface area contributed by atoms with Gasteiger partial charge in [0.1, 0.15) is 12.9 Å². The van der Waals surface area contributed by atoms with E-state index in [1.54, 1.807) is 0 Å². The van der Waals surface area contributed by atoms with Crippen molar-refractivity contribution in [2.45, 2.75) is 6.10 Å². The zero-order chi connectivity index (χ0) is 9.80. The van der Waals surface area contributed by atoms with Gasteiger partial charge in [-0.2, -0.15) is 0 Å². The SMILES string of the molecule is Clc1cccc(/C=C/C2COCO2)c1. The molecule has 1 saturated heterocycles. The first-order valence-corrected chi connectivity index (χ1v) is 4.85. The summed E-state index contributed by atoms with van der Waals surface area (Å²) in [5.41, 5.74) is 1.08. The van der Waals surface area contributed by atoms with Crippen molar-refractivity contribution in [1.82, 2.24) is 0 Å². The zero-order valence-corrected chi connectivity index (χ0v) is 8.41. The molecule has 1 heterocycles. The number of ether oxygens (including phenoxy) is 2. The third kappa shape index (κ3) is 2.58. The average molecular weight is 211 g/mol. The molecule has 2 rings (SSSR count). The van der Waals surface area contributed by atoms with Gasteiger partial charge in [-0.05, 0) is 17.7 Å². The lowest BCUT2D eigenvalue weighted by Gasteiger charge is -1.99. The summed E-state index contributed by atoms with van der Waals surface area (Å²) in [6.07, 6.45) is 4.05. The van der Waals surface area contributed by atoms with Crippen molar-refractivity contribution in [3.8, 4) is 0 Å². The Kier molecular flexibility index (Phi) is 3.19. The summed E-state index contributed by atoms with van der Waals surface area (Å²) in [6, 6.07) is 7.69. The van der Waals surface area contributed by atoms with Crippen LogP contribution in [-0.2, 0) is 9.47 Å². The number of benzene rings is 1. The summed E-state index contributed by atoms with van der Waals surface area (Å²) in [4.78, 5) is 0. The van der Waals surface area contributed by atoms with Gasteiger partial charge < -0.3 is 9.47 Å². The van der Waals surface area contributed by atoms with Crippen molar-refractivity contribution < 1.29 is 9.47 Å². The lowest BCUT2D eigenvalue weighted by atomic mass is 10.2. The third-order valence-electron chi connectivity index (χ3n) is 2.00. The molecule has 1 aromatic rings. The van der Waals surface area contributed by atoms with E-state index in [4.69, 9.17) is 21.1 Å². The van der Waals surface area contributed by atoms with Crippen LogP contribution in [-0.4, -0.2) is 19.5 Å². The van der Waals surface area contributed by atoms with Crippen molar-refractivity contribution in [3.05, 3.63) is 40.9 Å². The van der Waals surface area contributed by atoms with Gasteiger partial charge in [0.2, 0.25) is 0 Å². The number of hydrogen-bond donors (Lipinski definition) is 0. The first kappa shape index (κ1) is 9.71. The minimum Gasteiger partial charge on any atom is -0.352 e. The van der Waals surface area contributed by atoms with E-state index in [2.05, 4.69) is 0 Å². The van der Waals surface area contributed by atoms with Gasteiger partial charge in [-0.1, -0.05) is 35.9 Å². The Morgan fingerprint density at radius 2 is 2.36 bits per heavy atom. The minimum atomic E-state index is 0.0778. The maximum atomic E-state index is 5.85. The normalized spacial score (nSPS) is 21.9. The number of hydrogen-bond acceptors (Lipinski definition) is 2. The smallest absolute Gasteiger partial charge is 0.147 e. The molecule has 1 aromatic carbocycles. The summed E-state index contributed by atoms with van der Waals surface area (Å²) in [5, 5.41) is 0.746. The quantitative estimate of drug-likeness (QED) is 0.748. The van der Waals surface area contributed by atoms with Crippen LogP contribution in [0.4, 0.5) is 0 Å². The molecule has 2 nitrogen and oxygen atoms in total. The van der Waals surface area contributed by atoms with Gasteiger partial charge in [-0.15, -0.1) is 0 Å². The minimum absolute atomic E-state index is 0.0778. The fourth-order valence-electron chi connectivity index (χ4n) is 1.29. The summed E-state index contributed by atoms with van der Waals surface area (Å²) >= 11 is 5.85. The molecule has 1 atom stereocenters. The van der Waals surface area contributed by atoms with E-state index < -0.39 is 0 Å². The molecule has 1 unspecified atom stereocenters. The Morgan fingerprint density at radius 1 is 1.43 bits per heavy atom. The van der Waals surface area contributed by atoms with Crippen LogP contribution in [0.2, 0.25) is 5.02 Å². The summed E-state index contributed by atoms with van der Waals surface area (Å²) in [7, 11) is 0. The molecule has 0 aromatic heterocycles. The molecule has 0 amide bonds. The van der Waals surface area contributed by atoms with Crippen LogP contribution in [0.15, 0.2) is 30.3 Å². The molecule has 74 valence electrons. The zero-order valence-electron chi connectivity index (χ0n) is 7.65. The van der Waals surface area contributed by atoms with Crippen molar-refractivity contribution >= 4 is 17.7 Å². The summed E-state index contributed by atoms with van der Waals surface area (Å²) in [6.45, 7) is 1.03. The highest BCUT2D eigenvalue weighted by Gasteiger charge is 2.11. The predicted molar refractivity (Wildman–Crippen MR) is 56.2 cm³/mol. The average Bonchev–Trinajstić information content (AvgIpc) is 2.67. The van der Waals surface area contributed by atoms with E-state index in [1.165, 1.54) is 0 Å². The van der Waals surface area contributed by atoms with Gasteiger partial charge in [0, 0.05) is 5.02 Å². The van der Waals surface area contributed by atoms with Gasteiger partial charge in [-0.25, -0.2) is 0 Å². The molecule has 1 aliphatic heterocycles. The van der Waals surface area contributed by atoms with E-state index in [0.717, 1.165) is 10.6 Å². The largest absolute Gasteiger partial charge is 0.352 e. The Bertz CT molecular complexity index is 330. The molecule has 3 heteroatoms. The van der Waals surface area contributed by atoms with Gasteiger partial charge in [0.15, 0.2) is 0 Å². The maximum absolute atomic E-state index is 5.85. The molecule has 1 aliphatic rings. The van der Waals surface area contributed by atoms with Crippen molar-refractivity contribution in [2.24, 2.45) is 0 Å². The number of rotatable bonds is 2. The van der Waals surface area contributed by atoms with Crippen LogP contribution >= 0.6 is 11.6 Å². The van der Waals surface area contributed by atoms with Crippen LogP contribution in [0.25, 0.3) is 6.08 Å². The van der Waals surface area contributed by atoms with E-state index >= 15 is 0 Å². The Hall–Kier alpha value is -0.830. The van der Waals surface area contributed by atoms with Crippen LogP contribution in [0.3, 0.4) is 0 Å². The highest BCUT2D eigenvalue weighted by molar-refractivity contribution is 6.30. The third-order valence-corrected chi connectivity index (χ3v) is 2.23. The first-order valence-electron chi connectivity index (χ1n) is 4.48. The fraction of sp³-hybridized carbons (Fsp3) is 0.273. The van der Waals surface area contributed by atoms with Gasteiger partial charge in [-0.3, -0.25) is 0 Å². The number of halogens is 1. The second-order valence-corrected chi connectivity index (χ2v) is 3.54. The second kappa shape index (κ2) is 4.60. The van der Waals surface area contributed by atoms with Gasteiger partial charge >= 0.3 is 0 Å². The Balaban J connectivity index is 2.02. The second-order valence-electron chi connectivity index (χ2n) is 3.11. The predicted octanol–water partition coefficient (Wildman–Crippen LogP) is 2.73. The van der Waals surface area contributed by atoms with E-state index in [9.17, 15) is 0 Å². The van der Waals surface area contributed by atoms with Gasteiger partial charge in [0.05, 0.1) is 6.61 Å². The fourth-order valence-corrected chi connectivity index (χ4v) is 1.49. The monoisotopic (exact) mass is 210 g/mol. The lowest BCUT2D eigenvalue weighted by molar-refractivity contribution is 0.0573. The van der Waals surface area contributed by atoms with Crippen LogP contribution < -0.4 is 0 Å². The topological polar surface area (TPSA) is 18.5 Å². The van der Waals surface area contributed by atoms with Crippen molar-refractivity contribution in [3.63, 3.8) is 0 Å². The highest BCUT2D eigenvalue weighted by atomic mass is 35.5. The van der Waals surface area contributed by atoms with Crippen molar-refractivity contribution in [2.75, 3.05) is 13.4 Å². The lowest BCUT2D eigenvalue weighted by Crippen LogP contribution is -2.03. The summed E-state index contributed by atoms with van der Waals surface area (Å²) in [5.74, 6) is 0. The molecule has 0 aliphatic carbocycles. The molecule has 0 spiro atoms. The molecule has 0 saturated carbocycles. The van der Waals surface area contributed by atoms with Gasteiger partial charge in [0.25, 0.3) is 0 Å².